The molecular weight excluding hydrogens is 167 g/mol. The lowest BCUT2D eigenvalue weighted by atomic mass is 10.6. The van der Waals surface area contributed by atoms with E-state index in [4.69, 9.17) is 5.11 Å². The molecule has 0 fully saturated rings. The molecule has 0 aliphatic rings. The van der Waals surface area contributed by atoms with Crippen LogP contribution in [0.1, 0.15) is 0 Å². The molecule has 0 aromatic heterocycles. The van der Waals surface area contributed by atoms with Crippen molar-refractivity contribution in [3.8, 4) is 0 Å². The highest BCUT2D eigenvalue weighted by Crippen LogP contribution is 2.22. The Balaban J connectivity index is 4.29. The van der Waals surface area contributed by atoms with Crippen LogP contribution in [0, 0.1) is 0 Å². The highest BCUT2D eigenvalue weighted by atomic mass is 31.1. The third-order valence-corrected chi connectivity index (χ3v) is 1.58. The second-order valence-electron chi connectivity index (χ2n) is 1.70. The van der Waals surface area contributed by atoms with E-state index in [2.05, 4.69) is 17.9 Å². The molecule has 0 heterocycles. The fourth-order valence-corrected chi connectivity index (χ4v) is 0.577. The van der Waals surface area contributed by atoms with Crippen LogP contribution >= 0.6 is 8.46 Å². The second kappa shape index (κ2) is 4.11. The zero-order valence-corrected chi connectivity index (χ0v) is 6.97. The molecular formula is C6H9O4P. The average Bonchev–Trinajstić information content (AvgIpc) is 2.04. The molecule has 0 spiro atoms. The zero-order chi connectivity index (χ0) is 8.91. The Labute approximate surface area is 65.4 Å². The van der Waals surface area contributed by atoms with Crippen molar-refractivity contribution in [3.05, 3.63) is 25.3 Å². The van der Waals surface area contributed by atoms with Crippen molar-refractivity contribution in [1.82, 2.24) is 0 Å². The van der Waals surface area contributed by atoms with Gasteiger partial charge in [-0.05, 0) is 6.08 Å². The summed E-state index contributed by atoms with van der Waals surface area (Å²) in [5.74, 6) is -0.837. The molecule has 5 heteroatoms. The Bertz CT molecular complexity index is 191. The SMILES string of the molecule is C=CC(=O)OC(O)(C=C)[PH2]=O. The number of hydrogen-bond donors (Lipinski definition) is 1. The number of carbonyl (C=O) groups excluding carboxylic acids is 1. The second-order valence-corrected chi connectivity index (χ2v) is 2.76. The topological polar surface area (TPSA) is 63.6 Å². The van der Waals surface area contributed by atoms with E-state index in [-0.39, 0.29) is 0 Å². The number of rotatable bonds is 4. The third kappa shape index (κ3) is 3.16. The molecule has 0 aromatic rings. The quantitative estimate of drug-likeness (QED) is 0.220. The standard InChI is InChI=1S/C6H9O4P/c1-3-5(7)10-6(8,4-2)11-9/h3-4,8H,1-2,11H2. The Morgan fingerprint density at radius 3 is 2.45 bits per heavy atom. The molecule has 0 rings (SSSR count). The van der Waals surface area contributed by atoms with Crippen molar-refractivity contribution in [2.24, 2.45) is 0 Å². The summed E-state index contributed by atoms with van der Waals surface area (Å²) in [6.07, 6.45) is 1.76. The fourth-order valence-electron chi connectivity index (χ4n) is 0.317. The van der Waals surface area contributed by atoms with Crippen LogP contribution in [0.15, 0.2) is 25.3 Å². The van der Waals surface area contributed by atoms with Gasteiger partial charge in [0, 0.05) is 6.08 Å². The average molecular weight is 176 g/mol. The first-order valence-corrected chi connectivity index (χ1v) is 3.80. The molecule has 0 aliphatic heterocycles. The first-order valence-electron chi connectivity index (χ1n) is 2.75. The van der Waals surface area contributed by atoms with Crippen molar-refractivity contribution < 1.29 is 19.2 Å². The minimum atomic E-state index is -2.02. The van der Waals surface area contributed by atoms with Crippen LogP contribution in [0.3, 0.4) is 0 Å². The molecule has 0 radical (unpaired) electrons. The molecule has 0 saturated heterocycles. The van der Waals surface area contributed by atoms with E-state index in [1.54, 1.807) is 0 Å². The van der Waals surface area contributed by atoms with Crippen molar-refractivity contribution >= 4 is 14.4 Å². The van der Waals surface area contributed by atoms with E-state index in [1.165, 1.54) is 0 Å². The Morgan fingerprint density at radius 2 is 2.18 bits per heavy atom. The van der Waals surface area contributed by atoms with Crippen LogP contribution in [-0.4, -0.2) is 16.6 Å². The summed E-state index contributed by atoms with van der Waals surface area (Å²) < 4.78 is 14.6. The summed E-state index contributed by atoms with van der Waals surface area (Å²) in [5, 5.41) is 9.05. The van der Waals surface area contributed by atoms with Crippen molar-refractivity contribution in [1.29, 1.82) is 0 Å². The monoisotopic (exact) mass is 176 g/mol. The van der Waals surface area contributed by atoms with E-state index >= 15 is 0 Å². The Hall–Kier alpha value is -0.860. The third-order valence-electron chi connectivity index (χ3n) is 0.892. The van der Waals surface area contributed by atoms with Crippen molar-refractivity contribution in [2.45, 2.75) is 5.53 Å². The van der Waals surface area contributed by atoms with Gasteiger partial charge in [-0.15, -0.1) is 0 Å². The van der Waals surface area contributed by atoms with Gasteiger partial charge in [0.05, 0.1) is 0 Å². The predicted molar refractivity (Wildman–Crippen MR) is 41.8 cm³/mol. The fraction of sp³-hybridized carbons (Fsp3) is 0.167. The lowest BCUT2D eigenvalue weighted by molar-refractivity contribution is -0.161. The highest BCUT2D eigenvalue weighted by molar-refractivity contribution is 7.25. The Morgan fingerprint density at radius 1 is 1.64 bits per heavy atom. The smallest absolute Gasteiger partial charge is 0.333 e. The predicted octanol–water partition coefficient (Wildman–Crippen LogP) is 0.304. The molecule has 62 valence electrons. The molecule has 2 atom stereocenters. The van der Waals surface area contributed by atoms with Crippen molar-refractivity contribution in [2.75, 3.05) is 0 Å². The van der Waals surface area contributed by atoms with Gasteiger partial charge < -0.3 is 14.4 Å². The maximum Gasteiger partial charge on any atom is 0.333 e. The zero-order valence-electron chi connectivity index (χ0n) is 5.82. The van der Waals surface area contributed by atoms with Gasteiger partial charge in [-0.3, -0.25) is 0 Å². The van der Waals surface area contributed by atoms with Gasteiger partial charge in [-0.25, -0.2) is 4.79 Å². The van der Waals surface area contributed by atoms with E-state index in [9.17, 15) is 9.36 Å². The summed E-state index contributed by atoms with van der Waals surface area (Å²) in [7, 11) is -1.66. The van der Waals surface area contributed by atoms with Crippen LogP contribution < -0.4 is 0 Å². The molecule has 1 N–H and O–H groups in total. The van der Waals surface area contributed by atoms with Crippen LogP contribution in [0.2, 0.25) is 0 Å². The minimum Gasteiger partial charge on any atom is -0.419 e. The van der Waals surface area contributed by atoms with Crippen molar-refractivity contribution in [3.63, 3.8) is 0 Å². The van der Waals surface area contributed by atoms with Crippen LogP contribution in [-0.2, 0) is 14.1 Å². The van der Waals surface area contributed by atoms with Gasteiger partial charge in [-0.1, -0.05) is 13.2 Å². The van der Waals surface area contributed by atoms with E-state index in [1.807, 2.05) is 0 Å². The van der Waals surface area contributed by atoms with E-state index < -0.39 is 20.0 Å². The molecule has 2 unspecified atom stereocenters. The maximum absolute atomic E-state index is 10.5. The molecule has 0 amide bonds. The molecule has 4 nitrogen and oxygen atoms in total. The first kappa shape index (κ1) is 10.1. The summed E-state index contributed by atoms with van der Waals surface area (Å²) >= 11 is 0. The van der Waals surface area contributed by atoms with Gasteiger partial charge >= 0.3 is 5.97 Å². The van der Waals surface area contributed by atoms with Gasteiger partial charge in [0.2, 0.25) is 0 Å². The van der Waals surface area contributed by atoms with E-state index in [0.717, 1.165) is 12.2 Å². The molecule has 11 heavy (non-hydrogen) atoms. The van der Waals surface area contributed by atoms with Gasteiger partial charge in [0.1, 0.15) is 8.46 Å². The Kier molecular flexibility index (Phi) is 3.79. The number of esters is 1. The number of ether oxygens (including phenoxy) is 1. The normalized spacial score (nSPS) is 15.7. The van der Waals surface area contributed by atoms with Gasteiger partial charge in [0.25, 0.3) is 5.53 Å². The summed E-state index contributed by atoms with van der Waals surface area (Å²) in [4.78, 5) is 10.5. The lowest BCUT2D eigenvalue weighted by Gasteiger charge is -2.16. The minimum absolute atomic E-state index is 0.837. The summed E-state index contributed by atoms with van der Waals surface area (Å²) in [5.41, 5.74) is -2.02. The lowest BCUT2D eigenvalue weighted by Crippen LogP contribution is -2.24. The van der Waals surface area contributed by atoms with Gasteiger partial charge in [-0.2, -0.15) is 0 Å². The van der Waals surface area contributed by atoms with Crippen LogP contribution in [0.25, 0.3) is 0 Å². The van der Waals surface area contributed by atoms with Gasteiger partial charge in [0.15, 0.2) is 0 Å². The van der Waals surface area contributed by atoms with E-state index in [0.29, 0.717) is 0 Å². The number of hydrogen-bond acceptors (Lipinski definition) is 4. The maximum atomic E-state index is 10.5. The number of aliphatic hydroxyl groups is 1. The van der Waals surface area contributed by atoms with Crippen LogP contribution in [0.4, 0.5) is 0 Å². The first-order chi connectivity index (χ1) is 5.08. The van der Waals surface area contributed by atoms with Crippen LogP contribution in [0.5, 0.6) is 0 Å². The molecule has 0 bridgehead atoms. The molecule has 0 aromatic carbocycles. The summed E-state index contributed by atoms with van der Waals surface area (Å²) in [6, 6.07) is 0. The molecule has 0 saturated carbocycles. The largest absolute Gasteiger partial charge is 0.419 e. The summed E-state index contributed by atoms with van der Waals surface area (Å²) in [6.45, 7) is 6.25. The molecule has 0 aliphatic carbocycles. The highest BCUT2D eigenvalue weighted by Gasteiger charge is 2.24. The number of carbonyl (C=O) groups is 1.